The van der Waals surface area contributed by atoms with E-state index in [-0.39, 0.29) is 5.82 Å². The molecule has 0 saturated carbocycles. The van der Waals surface area contributed by atoms with Gasteiger partial charge in [-0.2, -0.15) is 5.10 Å². The minimum Gasteiger partial charge on any atom is -0.497 e. The lowest BCUT2D eigenvalue weighted by atomic mass is 9.98. The lowest BCUT2D eigenvalue weighted by Gasteiger charge is -2.14. The lowest BCUT2D eigenvalue weighted by Crippen LogP contribution is -2.19. The number of pyridine rings is 1. The van der Waals surface area contributed by atoms with Gasteiger partial charge in [-0.15, -0.1) is 0 Å². The van der Waals surface area contributed by atoms with Crippen LogP contribution in [0.1, 0.15) is 12.0 Å². The van der Waals surface area contributed by atoms with Crippen LogP contribution in [0, 0.1) is 5.82 Å². The van der Waals surface area contributed by atoms with Crippen molar-refractivity contribution in [3.8, 4) is 28.3 Å². The van der Waals surface area contributed by atoms with E-state index in [0.717, 1.165) is 64.0 Å². The maximum atomic E-state index is 14.2. The van der Waals surface area contributed by atoms with E-state index < -0.39 is 0 Å². The van der Waals surface area contributed by atoms with Crippen molar-refractivity contribution < 1.29 is 9.13 Å². The summed E-state index contributed by atoms with van der Waals surface area (Å²) in [6.45, 7) is 1.89. The van der Waals surface area contributed by atoms with E-state index in [4.69, 9.17) is 4.74 Å². The smallest absolute Gasteiger partial charge is 0.138 e. The maximum Gasteiger partial charge on any atom is 0.138 e. The summed E-state index contributed by atoms with van der Waals surface area (Å²) in [4.78, 5) is 7.90. The number of hydrogen-bond donors (Lipinski definition) is 3. The molecule has 0 atom stereocenters. The molecule has 1 aliphatic heterocycles. The van der Waals surface area contributed by atoms with Crippen LogP contribution in [0.3, 0.4) is 0 Å². The number of nitrogens with zero attached hydrogens (tertiary/aromatic N) is 2. The van der Waals surface area contributed by atoms with Crippen molar-refractivity contribution in [2.45, 2.75) is 6.42 Å². The molecule has 0 fully saturated rings. The fourth-order valence-electron chi connectivity index (χ4n) is 4.55. The van der Waals surface area contributed by atoms with Crippen LogP contribution in [-0.2, 0) is 0 Å². The largest absolute Gasteiger partial charge is 0.497 e. The van der Waals surface area contributed by atoms with Gasteiger partial charge in [0.05, 0.1) is 18.3 Å². The zero-order valence-electron chi connectivity index (χ0n) is 18.1. The van der Waals surface area contributed by atoms with Gasteiger partial charge in [0.25, 0.3) is 0 Å². The molecule has 33 heavy (non-hydrogen) atoms. The molecule has 0 bridgehead atoms. The molecule has 0 spiro atoms. The summed E-state index contributed by atoms with van der Waals surface area (Å²) >= 11 is 0. The highest BCUT2D eigenvalue weighted by atomic mass is 19.1. The fourth-order valence-corrected chi connectivity index (χ4v) is 4.55. The molecular formula is C26H22FN5O. The second kappa shape index (κ2) is 7.86. The van der Waals surface area contributed by atoms with Crippen molar-refractivity contribution >= 4 is 27.5 Å². The number of hydrogen-bond acceptors (Lipinski definition) is 4. The highest BCUT2D eigenvalue weighted by Crippen LogP contribution is 2.35. The molecule has 0 aliphatic carbocycles. The molecule has 0 radical (unpaired) electrons. The van der Waals surface area contributed by atoms with Gasteiger partial charge in [0.2, 0.25) is 0 Å². The van der Waals surface area contributed by atoms with E-state index in [2.05, 4.69) is 49.8 Å². The third-order valence-corrected chi connectivity index (χ3v) is 6.20. The van der Waals surface area contributed by atoms with Gasteiger partial charge in [-0.3, -0.25) is 5.10 Å². The van der Waals surface area contributed by atoms with Gasteiger partial charge in [0, 0.05) is 29.6 Å². The summed E-state index contributed by atoms with van der Waals surface area (Å²) in [7, 11) is 1.53. The Morgan fingerprint density at radius 3 is 2.79 bits per heavy atom. The van der Waals surface area contributed by atoms with Crippen LogP contribution < -0.4 is 10.1 Å². The predicted molar refractivity (Wildman–Crippen MR) is 129 cm³/mol. The molecular weight excluding hydrogens is 417 g/mol. The Morgan fingerprint density at radius 1 is 1.00 bits per heavy atom. The molecule has 0 unspecified atom stereocenters. The Bertz CT molecular complexity index is 1530. The van der Waals surface area contributed by atoms with Gasteiger partial charge in [0.15, 0.2) is 0 Å². The van der Waals surface area contributed by atoms with Crippen LogP contribution in [-0.4, -0.2) is 40.4 Å². The number of aromatic amines is 2. The van der Waals surface area contributed by atoms with E-state index in [0.29, 0.717) is 5.75 Å². The third-order valence-electron chi connectivity index (χ3n) is 6.20. The number of ether oxygens (including phenoxy) is 1. The molecule has 3 aromatic heterocycles. The number of fused-ring (bicyclic) bond motifs is 2. The Morgan fingerprint density at radius 2 is 1.94 bits per heavy atom. The van der Waals surface area contributed by atoms with Crippen LogP contribution >= 0.6 is 0 Å². The van der Waals surface area contributed by atoms with Gasteiger partial charge in [0.1, 0.15) is 22.9 Å². The second-order valence-electron chi connectivity index (χ2n) is 8.20. The fraction of sp³-hybridized carbons (Fsp3) is 0.154. The van der Waals surface area contributed by atoms with Gasteiger partial charge < -0.3 is 15.0 Å². The van der Waals surface area contributed by atoms with Crippen LogP contribution in [0.25, 0.3) is 50.0 Å². The molecule has 0 saturated heterocycles. The van der Waals surface area contributed by atoms with Crippen molar-refractivity contribution in [1.29, 1.82) is 0 Å². The van der Waals surface area contributed by atoms with E-state index in [1.54, 1.807) is 6.20 Å². The monoisotopic (exact) mass is 439 g/mol. The molecule has 6 rings (SSSR count). The number of H-pyrrole nitrogens is 2. The third kappa shape index (κ3) is 3.47. The molecule has 6 nitrogen and oxygen atoms in total. The quantitative estimate of drug-likeness (QED) is 0.355. The van der Waals surface area contributed by atoms with Crippen LogP contribution in [0.2, 0.25) is 0 Å². The highest BCUT2D eigenvalue weighted by molar-refractivity contribution is 6.00. The first kappa shape index (κ1) is 19.7. The SMILES string of the molecule is COc1cc(F)cc(-c2ccnc3[nH]c(-c4n[nH]c5ccc(C6=CCNCC6)cc45)cc23)c1. The van der Waals surface area contributed by atoms with Gasteiger partial charge in [-0.25, -0.2) is 9.37 Å². The summed E-state index contributed by atoms with van der Waals surface area (Å²) in [5.41, 5.74) is 7.57. The molecule has 5 aromatic rings. The van der Waals surface area contributed by atoms with Crippen molar-refractivity contribution in [1.82, 2.24) is 25.5 Å². The van der Waals surface area contributed by atoms with Crippen LogP contribution in [0.15, 0.2) is 60.8 Å². The Labute approximate surface area is 189 Å². The molecule has 4 heterocycles. The topological polar surface area (TPSA) is 78.6 Å². The highest BCUT2D eigenvalue weighted by Gasteiger charge is 2.16. The first-order valence-corrected chi connectivity index (χ1v) is 10.9. The Kier molecular flexibility index (Phi) is 4.69. The van der Waals surface area contributed by atoms with Crippen LogP contribution in [0.5, 0.6) is 5.75 Å². The van der Waals surface area contributed by atoms with Crippen molar-refractivity contribution in [2.24, 2.45) is 0 Å². The summed E-state index contributed by atoms with van der Waals surface area (Å²) in [5, 5.41) is 13.0. The van der Waals surface area contributed by atoms with Crippen molar-refractivity contribution in [3.63, 3.8) is 0 Å². The number of benzene rings is 2. The molecule has 3 N–H and O–H groups in total. The minimum atomic E-state index is -0.344. The zero-order chi connectivity index (χ0) is 22.4. The van der Waals surface area contributed by atoms with Crippen LogP contribution in [0.4, 0.5) is 4.39 Å². The summed E-state index contributed by atoms with van der Waals surface area (Å²) in [6, 6.07) is 15.0. The minimum absolute atomic E-state index is 0.344. The van der Waals surface area contributed by atoms with Gasteiger partial charge >= 0.3 is 0 Å². The average molecular weight is 439 g/mol. The maximum absolute atomic E-state index is 14.2. The Hall–Kier alpha value is -3.97. The van der Waals surface area contributed by atoms with E-state index >= 15 is 0 Å². The predicted octanol–water partition coefficient (Wildman–Crippen LogP) is 5.30. The summed E-state index contributed by atoms with van der Waals surface area (Å²) in [6.07, 6.45) is 4.98. The van der Waals surface area contributed by atoms with Crippen molar-refractivity contribution in [3.05, 3.63) is 72.2 Å². The normalized spacial score (nSPS) is 14.1. The average Bonchev–Trinajstić information content (AvgIpc) is 3.47. The molecule has 0 amide bonds. The Balaban J connectivity index is 1.48. The summed E-state index contributed by atoms with van der Waals surface area (Å²) in [5.74, 6) is 0.131. The first-order chi connectivity index (χ1) is 16.2. The van der Waals surface area contributed by atoms with E-state index in [9.17, 15) is 4.39 Å². The molecule has 164 valence electrons. The molecule has 2 aromatic carbocycles. The number of aromatic nitrogens is 4. The number of rotatable bonds is 4. The standard InChI is InChI=1S/C26H22FN5O/c1-33-19-11-17(10-18(27)13-19)20-6-9-29-26-21(20)14-24(30-26)25-22-12-16(2-3-23(22)31-32-25)15-4-7-28-8-5-15/h2-4,6,9-14,28H,5,7-8H2,1H3,(H,29,30)(H,31,32). The van der Waals surface area contributed by atoms with Gasteiger partial charge in [-0.1, -0.05) is 12.1 Å². The lowest BCUT2D eigenvalue weighted by molar-refractivity contribution is 0.411. The number of halogens is 1. The summed E-state index contributed by atoms with van der Waals surface area (Å²) < 4.78 is 19.4. The molecule has 7 heteroatoms. The molecule has 1 aliphatic rings. The van der Waals surface area contributed by atoms with Crippen molar-refractivity contribution in [2.75, 3.05) is 20.2 Å². The first-order valence-electron chi connectivity index (χ1n) is 10.9. The van der Waals surface area contributed by atoms with Gasteiger partial charge in [-0.05, 0) is 71.6 Å². The number of methoxy groups -OCH3 is 1. The number of nitrogens with one attached hydrogen (secondary N) is 3. The second-order valence-corrected chi connectivity index (χ2v) is 8.20. The van der Waals surface area contributed by atoms with E-state index in [1.165, 1.54) is 30.4 Å². The van der Waals surface area contributed by atoms with E-state index in [1.807, 2.05) is 18.2 Å². The zero-order valence-corrected chi connectivity index (χ0v) is 18.1.